The average molecular weight is 399 g/mol. The van der Waals surface area contributed by atoms with Crippen molar-refractivity contribution in [1.82, 2.24) is 4.72 Å². The number of esters is 1. The molecule has 2 aliphatic rings. The van der Waals surface area contributed by atoms with E-state index in [1.54, 1.807) is 12.1 Å². The molecule has 7 nitrogen and oxygen atoms in total. The second-order valence-electron chi connectivity index (χ2n) is 6.43. The predicted molar refractivity (Wildman–Crippen MR) is 98.7 cm³/mol. The van der Waals surface area contributed by atoms with Gasteiger partial charge in [0.25, 0.3) is 0 Å². The number of anilines is 1. The Bertz CT molecular complexity index is 803. The fourth-order valence-corrected chi connectivity index (χ4v) is 5.46. The molecular weight excluding hydrogens is 376 g/mol. The van der Waals surface area contributed by atoms with E-state index < -0.39 is 16.0 Å². The zero-order valence-electron chi connectivity index (χ0n) is 14.6. The van der Waals surface area contributed by atoms with Gasteiger partial charge in [0.1, 0.15) is 6.54 Å². The lowest BCUT2D eigenvalue weighted by Gasteiger charge is -2.28. The molecule has 0 atom stereocenters. The van der Waals surface area contributed by atoms with Gasteiger partial charge < -0.3 is 4.74 Å². The van der Waals surface area contributed by atoms with E-state index >= 15 is 0 Å². The van der Waals surface area contributed by atoms with Crippen LogP contribution in [0.2, 0.25) is 0 Å². The molecule has 0 saturated heterocycles. The summed E-state index contributed by atoms with van der Waals surface area (Å²) in [5, 5.41) is 0. The van der Waals surface area contributed by atoms with E-state index in [1.165, 1.54) is 29.8 Å². The number of carbonyl (C=O) groups is 2. The second-order valence-corrected chi connectivity index (χ2v) is 9.16. The minimum Gasteiger partial charge on any atom is -0.468 e. The number of hydrogen-bond donors (Lipinski definition) is 1. The smallest absolute Gasteiger partial charge is 0.325 e. The second kappa shape index (κ2) is 7.98. The Balaban J connectivity index is 1.88. The molecule has 142 valence electrons. The normalized spacial score (nSPS) is 18.5. The number of hydrogen-bond acceptors (Lipinski definition) is 6. The van der Waals surface area contributed by atoms with Gasteiger partial charge in [0, 0.05) is 10.9 Å². The SMILES string of the molecule is COC(=O)CN1C(=O)CSc2ccc(S(=O)(=O)NC3CCCCC3)cc21. The highest BCUT2D eigenvalue weighted by atomic mass is 32.2. The number of methoxy groups -OCH3 is 1. The summed E-state index contributed by atoms with van der Waals surface area (Å²) in [5.41, 5.74) is 0.433. The summed E-state index contributed by atoms with van der Waals surface area (Å²) in [6.07, 6.45) is 4.86. The van der Waals surface area contributed by atoms with Crippen molar-refractivity contribution >= 4 is 39.3 Å². The molecule has 1 aliphatic heterocycles. The standard InChI is InChI=1S/C17H22N2O5S2/c1-24-17(21)10-19-14-9-13(7-8-15(14)25-11-16(19)20)26(22,23)18-12-5-3-2-4-6-12/h7-9,12,18H,2-6,10-11H2,1H3. The quantitative estimate of drug-likeness (QED) is 0.762. The van der Waals surface area contributed by atoms with Gasteiger partial charge in [0.05, 0.1) is 23.4 Å². The number of amides is 1. The molecule has 9 heteroatoms. The van der Waals surface area contributed by atoms with E-state index in [4.69, 9.17) is 0 Å². The molecular formula is C17H22N2O5S2. The van der Waals surface area contributed by atoms with Crippen molar-refractivity contribution in [2.24, 2.45) is 0 Å². The number of benzene rings is 1. The van der Waals surface area contributed by atoms with Gasteiger partial charge in [-0.3, -0.25) is 14.5 Å². The Morgan fingerprint density at radius 2 is 2.04 bits per heavy atom. The number of carbonyl (C=O) groups excluding carboxylic acids is 2. The Kier molecular flexibility index (Phi) is 5.89. The Morgan fingerprint density at radius 3 is 2.73 bits per heavy atom. The summed E-state index contributed by atoms with van der Waals surface area (Å²) in [6.45, 7) is -0.234. The monoisotopic (exact) mass is 398 g/mol. The lowest BCUT2D eigenvalue weighted by atomic mass is 9.96. The third-order valence-corrected chi connectivity index (χ3v) is 7.19. The van der Waals surface area contributed by atoms with Crippen molar-refractivity contribution in [3.63, 3.8) is 0 Å². The van der Waals surface area contributed by atoms with Crippen LogP contribution in [0.15, 0.2) is 28.0 Å². The Morgan fingerprint density at radius 1 is 1.31 bits per heavy atom. The first kappa shape index (κ1) is 19.2. The summed E-state index contributed by atoms with van der Waals surface area (Å²) in [4.78, 5) is 26.0. The third-order valence-electron chi connectivity index (χ3n) is 4.63. The van der Waals surface area contributed by atoms with Crippen LogP contribution < -0.4 is 9.62 Å². The molecule has 0 bridgehead atoms. The van der Waals surface area contributed by atoms with E-state index in [0.717, 1.165) is 37.0 Å². The van der Waals surface area contributed by atoms with Crippen molar-refractivity contribution in [1.29, 1.82) is 0 Å². The average Bonchev–Trinajstić information content (AvgIpc) is 2.64. The zero-order chi connectivity index (χ0) is 18.7. The lowest BCUT2D eigenvalue weighted by molar-refractivity contribution is -0.139. The van der Waals surface area contributed by atoms with Crippen molar-refractivity contribution in [3.8, 4) is 0 Å². The first-order chi connectivity index (χ1) is 12.4. The van der Waals surface area contributed by atoms with E-state index in [9.17, 15) is 18.0 Å². The van der Waals surface area contributed by atoms with Crippen LogP contribution in [0.3, 0.4) is 0 Å². The maximum Gasteiger partial charge on any atom is 0.325 e. The molecule has 1 N–H and O–H groups in total. The van der Waals surface area contributed by atoms with Gasteiger partial charge in [-0.2, -0.15) is 0 Å². The van der Waals surface area contributed by atoms with Gasteiger partial charge in [0.2, 0.25) is 15.9 Å². The third kappa shape index (κ3) is 4.21. The molecule has 0 spiro atoms. The van der Waals surface area contributed by atoms with Crippen LogP contribution >= 0.6 is 11.8 Å². The topological polar surface area (TPSA) is 92.8 Å². The number of rotatable bonds is 5. The maximum atomic E-state index is 12.7. The molecule has 1 amide bonds. The lowest BCUT2D eigenvalue weighted by Crippen LogP contribution is -2.40. The van der Waals surface area contributed by atoms with Gasteiger partial charge in [-0.15, -0.1) is 11.8 Å². The van der Waals surface area contributed by atoms with Gasteiger partial charge in [-0.05, 0) is 31.0 Å². The van der Waals surface area contributed by atoms with Crippen LogP contribution in [0.5, 0.6) is 0 Å². The van der Waals surface area contributed by atoms with Crippen LogP contribution in [-0.4, -0.2) is 45.7 Å². The number of ether oxygens (including phenoxy) is 1. The molecule has 1 fully saturated rings. The summed E-state index contributed by atoms with van der Waals surface area (Å²) in [5.74, 6) is -0.594. The van der Waals surface area contributed by atoms with Gasteiger partial charge >= 0.3 is 5.97 Å². The predicted octanol–water partition coefficient (Wildman–Crippen LogP) is 1.91. The maximum absolute atomic E-state index is 12.7. The molecule has 1 heterocycles. The minimum atomic E-state index is -3.68. The molecule has 0 radical (unpaired) electrons. The molecule has 1 aromatic carbocycles. The number of nitrogens with one attached hydrogen (secondary N) is 1. The van der Waals surface area contributed by atoms with Crippen LogP contribution in [0, 0.1) is 0 Å². The summed E-state index contributed by atoms with van der Waals surface area (Å²) in [6, 6.07) is 4.65. The molecule has 1 saturated carbocycles. The minimum absolute atomic E-state index is 0.0491. The Hall–Kier alpha value is -1.58. The Labute approximate surface area is 157 Å². The first-order valence-corrected chi connectivity index (χ1v) is 11.0. The van der Waals surface area contributed by atoms with Crippen molar-refractivity contribution in [3.05, 3.63) is 18.2 Å². The fraction of sp³-hybridized carbons (Fsp3) is 0.529. The number of fused-ring (bicyclic) bond motifs is 1. The summed E-state index contributed by atoms with van der Waals surface area (Å²) >= 11 is 1.33. The van der Waals surface area contributed by atoms with Gasteiger partial charge in [0.15, 0.2) is 0 Å². The highest BCUT2D eigenvalue weighted by molar-refractivity contribution is 8.00. The molecule has 3 rings (SSSR count). The van der Waals surface area contributed by atoms with E-state index in [-0.39, 0.29) is 29.1 Å². The number of sulfonamides is 1. The van der Waals surface area contributed by atoms with E-state index in [0.29, 0.717) is 5.69 Å². The molecule has 0 unspecified atom stereocenters. The van der Waals surface area contributed by atoms with Crippen LogP contribution in [0.1, 0.15) is 32.1 Å². The molecule has 26 heavy (non-hydrogen) atoms. The number of nitrogens with zero attached hydrogens (tertiary/aromatic N) is 1. The zero-order valence-corrected chi connectivity index (χ0v) is 16.2. The molecule has 0 aromatic heterocycles. The highest BCUT2D eigenvalue weighted by Gasteiger charge is 2.29. The highest BCUT2D eigenvalue weighted by Crippen LogP contribution is 2.37. The van der Waals surface area contributed by atoms with Crippen molar-refractivity contribution in [2.45, 2.75) is 47.9 Å². The number of thioether (sulfide) groups is 1. The van der Waals surface area contributed by atoms with Crippen LogP contribution in [0.4, 0.5) is 5.69 Å². The van der Waals surface area contributed by atoms with Crippen molar-refractivity contribution < 1.29 is 22.7 Å². The first-order valence-electron chi connectivity index (χ1n) is 8.57. The summed E-state index contributed by atoms with van der Waals surface area (Å²) < 4.78 is 32.9. The van der Waals surface area contributed by atoms with Gasteiger partial charge in [-0.25, -0.2) is 13.1 Å². The largest absolute Gasteiger partial charge is 0.468 e. The van der Waals surface area contributed by atoms with Crippen LogP contribution in [-0.2, 0) is 24.3 Å². The summed E-state index contributed by atoms with van der Waals surface area (Å²) in [7, 11) is -2.43. The van der Waals surface area contributed by atoms with Gasteiger partial charge in [-0.1, -0.05) is 19.3 Å². The van der Waals surface area contributed by atoms with E-state index in [2.05, 4.69) is 9.46 Å². The fourth-order valence-electron chi connectivity index (χ4n) is 3.22. The molecule has 1 aliphatic carbocycles. The van der Waals surface area contributed by atoms with E-state index in [1.807, 2.05) is 0 Å². The van der Waals surface area contributed by atoms with Crippen LogP contribution in [0.25, 0.3) is 0 Å². The van der Waals surface area contributed by atoms with Crippen molar-refractivity contribution in [2.75, 3.05) is 24.3 Å². The molecule has 1 aromatic rings.